The fourth-order valence-electron chi connectivity index (χ4n) is 4.05. The van der Waals surface area contributed by atoms with Crippen molar-refractivity contribution in [2.45, 2.75) is 39.2 Å². The van der Waals surface area contributed by atoms with Crippen molar-refractivity contribution < 1.29 is 9.47 Å². The molecule has 27 heavy (non-hydrogen) atoms. The molecule has 2 N–H and O–H groups in total. The van der Waals surface area contributed by atoms with Gasteiger partial charge in [-0.05, 0) is 54.7 Å². The van der Waals surface area contributed by atoms with Gasteiger partial charge in [-0.25, -0.2) is 0 Å². The largest absolute Gasteiger partial charge is 0.496 e. The molecule has 0 fully saturated rings. The molecule has 2 heterocycles. The minimum absolute atomic E-state index is 0.104. The third kappa shape index (κ3) is 3.19. The maximum atomic E-state index is 5.76. The highest BCUT2D eigenvalue weighted by molar-refractivity contribution is 5.86. The number of hydrogen-bond donors (Lipinski definition) is 2. The van der Waals surface area contributed by atoms with Gasteiger partial charge in [-0.3, -0.25) is 0 Å². The van der Waals surface area contributed by atoms with Gasteiger partial charge in [0.05, 0.1) is 19.8 Å². The van der Waals surface area contributed by atoms with E-state index < -0.39 is 0 Å². The highest BCUT2D eigenvalue weighted by Gasteiger charge is 2.27. The van der Waals surface area contributed by atoms with E-state index in [0.29, 0.717) is 12.5 Å². The van der Waals surface area contributed by atoms with Crippen LogP contribution in [0.15, 0.2) is 36.4 Å². The molecule has 4 nitrogen and oxygen atoms in total. The second-order valence-electron chi connectivity index (χ2n) is 7.45. The van der Waals surface area contributed by atoms with Crippen LogP contribution in [0.4, 0.5) is 0 Å². The van der Waals surface area contributed by atoms with Crippen LogP contribution in [0.5, 0.6) is 11.5 Å². The van der Waals surface area contributed by atoms with Gasteiger partial charge in [0.15, 0.2) is 0 Å². The molecule has 0 bridgehead atoms. The number of H-pyrrole nitrogens is 1. The summed E-state index contributed by atoms with van der Waals surface area (Å²) in [6, 6.07) is 13.0. The molecule has 1 aliphatic heterocycles. The maximum absolute atomic E-state index is 5.76. The first kappa shape index (κ1) is 17.9. The van der Waals surface area contributed by atoms with Gasteiger partial charge in [-0.1, -0.05) is 26.0 Å². The Bertz CT molecular complexity index is 958. The van der Waals surface area contributed by atoms with Gasteiger partial charge >= 0.3 is 0 Å². The Morgan fingerprint density at radius 3 is 2.74 bits per heavy atom. The molecule has 1 aromatic heterocycles. The Kier molecular flexibility index (Phi) is 4.83. The first-order valence-corrected chi connectivity index (χ1v) is 9.80. The van der Waals surface area contributed by atoms with Gasteiger partial charge in [0.2, 0.25) is 0 Å². The Morgan fingerprint density at radius 2 is 2.00 bits per heavy atom. The molecule has 0 saturated heterocycles. The van der Waals surface area contributed by atoms with Crippen LogP contribution in [0.3, 0.4) is 0 Å². The highest BCUT2D eigenvalue weighted by atomic mass is 16.5. The van der Waals surface area contributed by atoms with Gasteiger partial charge in [-0.15, -0.1) is 0 Å². The topological polar surface area (TPSA) is 46.3 Å². The molecule has 0 spiro atoms. The first-order chi connectivity index (χ1) is 13.1. The smallest absolute Gasteiger partial charge is 0.124 e. The van der Waals surface area contributed by atoms with Crippen molar-refractivity contribution in [3.63, 3.8) is 0 Å². The van der Waals surface area contributed by atoms with Crippen LogP contribution in [-0.2, 0) is 6.42 Å². The molecule has 1 aliphatic rings. The van der Waals surface area contributed by atoms with Gasteiger partial charge in [-0.2, -0.15) is 0 Å². The van der Waals surface area contributed by atoms with Crippen molar-refractivity contribution in [3.8, 4) is 11.5 Å². The lowest BCUT2D eigenvalue weighted by Gasteiger charge is -2.26. The lowest BCUT2D eigenvalue weighted by molar-refractivity contribution is 0.340. The summed E-state index contributed by atoms with van der Waals surface area (Å²) >= 11 is 0. The second-order valence-corrected chi connectivity index (χ2v) is 7.45. The molecule has 1 atom stereocenters. The van der Waals surface area contributed by atoms with Crippen LogP contribution in [0.1, 0.15) is 55.1 Å². The summed E-state index contributed by atoms with van der Waals surface area (Å²) in [6.45, 7) is 8.06. The average molecular weight is 364 g/mol. The summed E-state index contributed by atoms with van der Waals surface area (Å²) in [5.41, 5.74) is 6.25. The number of rotatable bonds is 5. The van der Waals surface area contributed by atoms with Crippen LogP contribution in [0, 0.1) is 0 Å². The molecule has 3 aromatic rings. The quantitative estimate of drug-likeness (QED) is 0.674. The van der Waals surface area contributed by atoms with Crippen molar-refractivity contribution in [2.24, 2.45) is 0 Å². The summed E-state index contributed by atoms with van der Waals surface area (Å²) in [5.74, 6) is 2.36. The Balaban J connectivity index is 1.81. The molecule has 2 aromatic carbocycles. The van der Waals surface area contributed by atoms with Crippen molar-refractivity contribution >= 4 is 10.9 Å². The molecule has 0 aliphatic carbocycles. The third-order valence-corrected chi connectivity index (χ3v) is 5.47. The normalized spacial score (nSPS) is 16.6. The monoisotopic (exact) mass is 364 g/mol. The van der Waals surface area contributed by atoms with Gasteiger partial charge in [0.1, 0.15) is 11.5 Å². The van der Waals surface area contributed by atoms with Crippen molar-refractivity contribution in [2.75, 3.05) is 20.3 Å². The zero-order valence-corrected chi connectivity index (χ0v) is 16.6. The lowest BCUT2D eigenvalue weighted by Crippen LogP contribution is -2.30. The molecule has 1 unspecified atom stereocenters. The number of ether oxygens (including phenoxy) is 2. The van der Waals surface area contributed by atoms with E-state index in [9.17, 15) is 0 Å². The molecular formula is C23H28N2O2. The van der Waals surface area contributed by atoms with Crippen LogP contribution in [0.25, 0.3) is 10.9 Å². The molecular weight excluding hydrogens is 336 g/mol. The summed E-state index contributed by atoms with van der Waals surface area (Å²) in [6.07, 6.45) is 1.01. The maximum Gasteiger partial charge on any atom is 0.124 e. The van der Waals surface area contributed by atoms with E-state index in [4.69, 9.17) is 9.47 Å². The number of fused-ring (bicyclic) bond motifs is 3. The summed E-state index contributed by atoms with van der Waals surface area (Å²) in [4.78, 5) is 3.65. The fourth-order valence-corrected chi connectivity index (χ4v) is 4.05. The van der Waals surface area contributed by atoms with Crippen molar-refractivity contribution in [1.29, 1.82) is 0 Å². The fraction of sp³-hybridized carbons (Fsp3) is 0.391. The van der Waals surface area contributed by atoms with Gasteiger partial charge in [0.25, 0.3) is 0 Å². The van der Waals surface area contributed by atoms with Crippen LogP contribution < -0.4 is 14.8 Å². The van der Waals surface area contributed by atoms with Crippen molar-refractivity contribution in [3.05, 3.63) is 58.8 Å². The van der Waals surface area contributed by atoms with Crippen LogP contribution >= 0.6 is 0 Å². The second kappa shape index (κ2) is 7.28. The SMILES string of the molecule is CCOc1ccc2[nH]c3c(c2c1)CCNC3c1ccc(C(C)C)cc1OC. The van der Waals surface area contributed by atoms with E-state index in [-0.39, 0.29) is 6.04 Å². The Labute approximate surface area is 160 Å². The number of benzene rings is 2. The summed E-state index contributed by atoms with van der Waals surface area (Å²) in [5, 5.41) is 4.94. The molecule has 0 saturated carbocycles. The van der Waals surface area contributed by atoms with Gasteiger partial charge in [0, 0.05) is 28.7 Å². The number of hydrogen-bond acceptors (Lipinski definition) is 3. The number of aromatic amines is 1. The number of methoxy groups -OCH3 is 1. The minimum Gasteiger partial charge on any atom is -0.496 e. The van der Waals surface area contributed by atoms with E-state index in [0.717, 1.165) is 30.0 Å². The summed E-state index contributed by atoms with van der Waals surface area (Å²) in [7, 11) is 1.76. The van der Waals surface area contributed by atoms with E-state index in [2.05, 4.69) is 54.5 Å². The Morgan fingerprint density at radius 1 is 1.15 bits per heavy atom. The van der Waals surface area contributed by atoms with E-state index in [1.54, 1.807) is 7.11 Å². The average Bonchev–Trinajstić information content (AvgIpc) is 3.06. The molecule has 0 amide bonds. The zero-order chi connectivity index (χ0) is 19.0. The summed E-state index contributed by atoms with van der Waals surface area (Å²) < 4.78 is 11.5. The highest BCUT2D eigenvalue weighted by Crippen LogP contribution is 2.38. The number of aromatic nitrogens is 1. The predicted molar refractivity (Wildman–Crippen MR) is 110 cm³/mol. The van der Waals surface area contributed by atoms with E-state index in [1.807, 2.05) is 13.0 Å². The Hall–Kier alpha value is -2.46. The standard InChI is InChI=1S/C23H28N2O2/c1-5-27-16-7-9-20-19(13-16)17-10-11-24-22(23(17)25-20)18-8-6-15(14(2)3)12-21(18)26-4/h6-9,12-14,22,24-25H,5,10-11H2,1-4H3. The first-order valence-electron chi connectivity index (χ1n) is 9.80. The molecule has 142 valence electrons. The third-order valence-electron chi connectivity index (χ3n) is 5.47. The van der Waals surface area contributed by atoms with E-state index >= 15 is 0 Å². The van der Waals surface area contributed by atoms with E-state index in [1.165, 1.54) is 27.8 Å². The molecule has 4 rings (SSSR count). The minimum atomic E-state index is 0.104. The zero-order valence-electron chi connectivity index (χ0n) is 16.6. The van der Waals surface area contributed by atoms with Gasteiger partial charge < -0.3 is 19.8 Å². The van der Waals surface area contributed by atoms with Crippen LogP contribution in [0.2, 0.25) is 0 Å². The molecule has 0 radical (unpaired) electrons. The van der Waals surface area contributed by atoms with Crippen LogP contribution in [-0.4, -0.2) is 25.2 Å². The predicted octanol–water partition coefficient (Wildman–Crippen LogP) is 4.93. The van der Waals surface area contributed by atoms with Crippen molar-refractivity contribution in [1.82, 2.24) is 10.3 Å². The number of nitrogens with one attached hydrogen (secondary N) is 2. The lowest BCUT2D eigenvalue weighted by atomic mass is 9.92. The molecule has 4 heteroatoms.